The lowest BCUT2D eigenvalue weighted by molar-refractivity contribution is 0.0945. The Kier molecular flexibility index (Phi) is 5.35. The number of pyridine rings is 1. The number of carbonyl (C=O) groups is 2. The van der Waals surface area contributed by atoms with Crippen LogP contribution < -0.4 is 5.32 Å². The van der Waals surface area contributed by atoms with E-state index in [-0.39, 0.29) is 12.0 Å². The average molecular weight is 305 g/mol. The molecule has 1 aliphatic rings. The second kappa shape index (κ2) is 7.24. The summed E-state index contributed by atoms with van der Waals surface area (Å²) in [5.41, 5.74) is 2.51. The molecule has 0 bridgehead atoms. The molecule has 1 aliphatic heterocycles. The van der Waals surface area contributed by atoms with Crippen molar-refractivity contribution in [2.75, 3.05) is 19.7 Å². The molecule has 120 valence electrons. The van der Waals surface area contributed by atoms with Crippen LogP contribution in [0.1, 0.15) is 42.3 Å². The number of nitrogens with zero attached hydrogens (tertiary/aromatic N) is 2. The van der Waals surface area contributed by atoms with Gasteiger partial charge in [0.1, 0.15) is 0 Å². The first-order valence-electron chi connectivity index (χ1n) is 7.68. The fraction of sp³-hybridized carbons (Fsp3) is 0.562. The van der Waals surface area contributed by atoms with Crippen molar-refractivity contribution < 1.29 is 14.3 Å². The highest BCUT2D eigenvalue weighted by molar-refractivity contribution is 5.95. The molecule has 0 saturated carbocycles. The number of rotatable bonds is 4. The van der Waals surface area contributed by atoms with E-state index >= 15 is 0 Å². The highest BCUT2D eigenvalue weighted by Gasteiger charge is 2.25. The normalized spacial score (nSPS) is 13.7. The van der Waals surface area contributed by atoms with Crippen LogP contribution >= 0.6 is 0 Å². The van der Waals surface area contributed by atoms with Gasteiger partial charge in [-0.15, -0.1) is 0 Å². The molecule has 0 atom stereocenters. The third kappa shape index (κ3) is 3.75. The summed E-state index contributed by atoms with van der Waals surface area (Å²) in [6.07, 6.45) is 3.65. The van der Waals surface area contributed by atoms with Gasteiger partial charge in [-0.05, 0) is 30.4 Å². The molecule has 6 heteroatoms. The van der Waals surface area contributed by atoms with Crippen LogP contribution in [0.2, 0.25) is 0 Å². The Morgan fingerprint density at radius 1 is 1.41 bits per heavy atom. The van der Waals surface area contributed by atoms with Crippen LogP contribution in [0.3, 0.4) is 0 Å². The van der Waals surface area contributed by atoms with Crippen LogP contribution in [0.4, 0.5) is 4.79 Å². The maximum Gasteiger partial charge on any atom is 0.410 e. The monoisotopic (exact) mass is 305 g/mol. The summed E-state index contributed by atoms with van der Waals surface area (Å²) < 4.78 is 5.03. The zero-order chi connectivity index (χ0) is 16.1. The lowest BCUT2D eigenvalue weighted by Crippen LogP contribution is -2.38. The minimum Gasteiger partial charge on any atom is -0.450 e. The number of carbonyl (C=O) groups excluding carboxylic acids is 2. The number of hydrogen-bond acceptors (Lipinski definition) is 4. The Morgan fingerprint density at radius 2 is 2.18 bits per heavy atom. The van der Waals surface area contributed by atoms with Crippen LogP contribution in [0.25, 0.3) is 0 Å². The van der Waals surface area contributed by atoms with E-state index in [1.165, 1.54) is 0 Å². The predicted octanol–water partition coefficient (Wildman–Crippen LogP) is 1.98. The quantitative estimate of drug-likeness (QED) is 0.923. The average Bonchev–Trinajstić information content (AvgIpc) is 2.51. The second-order valence-corrected chi connectivity index (χ2v) is 5.80. The van der Waals surface area contributed by atoms with Gasteiger partial charge in [-0.3, -0.25) is 9.78 Å². The van der Waals surface area contributed by atoms with Crippen molar-refractivity contribution in [2.24, 2.45) is 5.92 Å². The van der Waals surface area contributed by atoms with Gasteiger partial charge in [-0.2, -0.15) is 0 Å². The number of hydrogen-bond donors (Lipinski definition) is 1. The maximum absolute atomic E-state index is 12.3. The van der Waals surface area contributed by atoms with E-state index in [2.05, 4.69) is 24.1 Å². The molecule has 0 saturated heterocycles. The van der Waals surface area contributed by atoms with E-state index in [4.69, 9.17) is 4.74 Å². The fourth-order valence-corrected chi connectivity index (χ4v) is 2.45. The Labute approximate surface area is 130 Å². The van der Waals surface area contributed by atoms with Gasteiger partial charge in [0.25, 0.3) is 5.91 Å². The number of amides is 2. The topological polar surface area (TPSA) is 71.5 Å². The van der Waals surface area contributed by atoms with Gasteiger partial charge < -0.3 is 15.0 Å². The minimum atomic E-state index is -0.317. The Hall–Kier alpha value is -2.11. The molecule has 0 radical (unpaired) electrons. The molecule has 0 aromatic carbocycles. The number of ether oxygens (including phenoxy) is 1. The molecule has 1 aromatic heterocycles. The molecule has 2 heterocycles. The second-order valence-electron chi connectivity index (χ2n) is 5.80. The highest BCUT2D eigenvalue weighted by atomic mass is 16.6. The van der Waals surface area contributed by atoms with Gasteiger partial charge in [-0.1, -0.05) is 13.8 Å². The minimum absolute atomic E-state index is 0.0948. The van der Waals surface area contributed by atoms with Crippen molar-refractivity contribution in [3.05, 3.63) is 29.1 Å². The van der Waals surface area contributed by atoms with E-state index in [1.54, 1.807) is 24.2 Å². The summed E-state index contributed by atoms with van der Waals surface area (Å²) in [5.74, 6) is 0.304. The number of aromatic nitrogens is 1. The number of nitrogens with one attached hydrogen (secondary N) is 1. The van der Waals surface area contributed by atoms with E-state index in [0.717, 1.165) is 11.1 Å². The highest BCUT2D eigenvalue weighted by Crippen LogP contribution is 2.22. The van der Waals surface area contributed by atoms with Crippen LogP contribution in [0.5, 0.6) is 0 Å². The number of fused-ring (bicyclic) bond motifs is 1. The van der Waals surface area contributed by atoms with E-state index < -0.39 is 0 Å². The predicted molar refractivity (Wildman–Crippen MR) is 82.5 cm³/mol. The summed E-state index contributed by atoms with van der Waals surface area (Å²) in [4.78, 5) is 29.9. The van der Waals surface area contributed by atoms with Gasteiger partial charge >= 0.3 is 6.09 Å². The van der Waals surface area contributed by atoms with Gasteiger partial charge in [0.2, 0.25) is 0 Å². The summed E-state index contributed by atoms with van der Waals surface area (Å²) >= 11 is 0. The van der Waals surface area contributed by atoms with Crippen LogP contribution in [-0.2, 0) is 17.7 Å². The summed E-state index contributed by atoms with van der Waals surface area (Å²) in [6.45, 7) is 7.88. The molecule has 1 aromatic rings. The van der Waals surface area contributed by atoms with Gasteiger partial charge in [0.05, 0.1) is 18.7 Å². The molecule has 2 amide bonds. The lowest BCUT2D eigenvalue weighted by Gasteiger charge is -2.28. The molecule has 6 nitrogen and oxygen atoms in total. The lowest BCUT2D eigenvalue weighted by atomic mass is 9.97. The molecule has 1 N–H and O–H groups in total. The first-order valence-corrected chi connectivity index (χ1v) is 7.68. The Bertz CT molecular complexity index is 558. The summed E-state index contributed by atoms with van der Waals surface area (Å²) in [7, 11) is 0. The van der Waals surface area contributed by atoms with Crippen LogP contribution in [0, 0.1) is 5.92 Å². The van der Waals surface area contributed by atoms with Crippen molar-refractivity contribution in [3.8, 4) is 0 Å². The van der Waals surface area contributed by atoms with Gasteiger partial charge in [0.15, 0.2) is 0 Å². The molecule has 2 rings (SSSR count). The third-order valence-electron chi connectivity index (χ3n) is 3.58. The van der Waals surface area contributed by atoms with Crippen molar-refractivity contribution in [1.29, 1.82) is 0 Å². The zero-order valence-corrected chi connectivity index (χ0v) is 13.4. The van der Waals surface area contributed by atoms with E-state index in [9.17, 15) is 9.59 Å². The molecule has 0 fully saturated rings. The van der Waals surface area contributed by atoms with Gasteiger partial charge in [0, 0.05) is 25.5 Å². The van der Waals surface area contributed by atoms with E-state index in [1.807, 2.05) is 0 Å². The fourth-order valence-electron chi connectivity index (χ4n) is 2.45. The molecule has 0 unspecified atom stereocenters. The van der Waals surface area contributed by atoms with Gasteiger partial charge in [-0.25, -0.2) is 4.79 Å². The third-order valence-corrected chi connectivity index (χ3v) is 3.58. The molecule has 22 heavy (non-hydrogen) atoms. The molecular formula is C16H23N3O3. The smallest absolute Gasteiger partial charge is 0.410 e. The standard InChI is InChI=1S/C16H23N3O3/c1-4-22-16(21)19-6-5-13-12(10-19)8-17-9-14(13)15(20)18-7-11(2)3/h8-9,11H,4-7,10H2,1-3H3,(H,18,20). The summed E-state index contributed by atoms with van der Waals surface area (Å²) in [6, 6.07) is 0. The largest absolute Gasteiger partial charge is 0.450 e. The molecular weight excluding hydrogens is 282 g/mol. The molecule has 0 aliphatic carbocycles. The van der Waals surface area contributed by atoms with Crippen LogP contribution in [-0.4, -0.2) is 41.6 Å². The Balaban J connectivity index is 2.13. The zero-order valence-electron chi connectivity index (χ0n) is 13.4. The van der Waals surface area contributed by atoms with Crippen molar-refractivity contribution in [3.63, 3.8) is 0 Å². The van der Waals surface area contributed by atoms with Crippen molar-refractivity contribution >= 4 is 12.0 Å². The SMILES string of the molecule is CCOC(=O)N1CCc2c(cncc2C(=O)NCC(C)C)C1. The summed E-state index contributed by atoms with van der Waals surface area (Å²) in [5, 5.41) is 2.92. The van der Waals surface area contributed by atoms with Crippen LogP contribution in [0.15, 0.2) is 12.4 Å². The Morgan fingerprint density at radius 3 is 2.86 bits per heavy atom. The molecule has 0 spiro atoms. The first kappa shape index (κ1) is 16.3. The van der Waals surface area contributed by atoms with Crippen molar-refractivity contribution in [1.82, 2.24) is 15.2 Å². The van der Waals surface area contributed by atoms with E-state index in [0.29, 0.717) is 44.1 Å². The van der Waals surface area contributed by atoms with Crippen molar-refractivity contribution in [2.45, 2.75) is 33.7 Å². The first-order chi connectivity index (χ1) is 10.5. The maximum atomic E-state index is 12.3.